The largest absolute Gasteiger partial charge is 0.508 e. The quantitative estimate of drug-likeness (QED) is 0.170. The number of esters is 1. The number of aromatic amines is 1. The molecule has 3 N–H and O–H groups in total. The van der Waals surface area contributed by atoms with E-state index in [-0.39, 0.29) is 35.8 Å². The molecule has 3 aromatic carbocycles. The Kier molecular flexibility index (Phi) is 8.07. The number of ether oxygens (including phenoxy) is 2. The maximum Gasteiger partial charge on any atom is 0.348 e. The van der Waals surface area contributed by atoms with Gasteiger partial charge < -0.3 is 29.0 Å². The van der Waals surface area contributed by atoms with Crippen LogP contribution in [0.1, 0.15) is 36.5 Å². The first-order valence-corrected chi connectivity index (χ1v) is 17.9. The SMILES string of the molecule is CC(C)c1cc(-c2n[nH]c(=O)n2-c2ccc(N3CCN(CC(=O)OC4=COCc5cn6cc7cc8ccccc8nc7c6cc54)CC3)cc2)c(O)cc1O. The number of piperazine rings is 1. The molecule has 0 bridgehead atoms. The predicted molar refractivity (Wildman–Crippen MR) is 205 cm³/mol. The Labute approximate surface area is 308 Å². The van der Waals surface area contributed by atoms with Crippen molar-refractivity contribution in [3.8, 4) is 28.6 Å². The summed E-state index contributed by atoms with van der Waals surface area (Å²) in [4.78, 5) is 35.4. The van der Waals surface area contributed by atoms with Gasteiger partial charge in [-0.25, -0.2) is 19.4 Å². The van der Waals surface area contributed by atoms with Gasteiger partial charge in [-0.3, -0.25) is 9.69 Å². The van der Waals surface area contributed by atoms with E-state index in [1.165, 1.54) is 16.9 Å². The van der Waals surface area contributed by atoms with Gasteiger partial charge >= 0.3 is 11.7 Å². The van der Waals surface area contributed by atoms with Crippen molar-refractivity contribution >= 4 is 44.7 Å². The number of phenolic OH excluding ortho intramolecular Hbond substituents is 2. The molecule has 0 saturated carbocycles. The van der Waals surface area contributed by atoms with E-state index in [9.17, 15) is 19.8 Å². The van der Waals surface area contributed by atoms with Gasteiger partial charge in [-0.1, -0.05) is 32.0 Å². The van der Waals surface area contributed by atoms with Crippen molar-refractivity contribution in [1.82, 2.24) is 29.0 Å². The first kappa shape index (κ1) is 33.3. The molecule has 9 rings (SSSR count). The van der Waals surface area contributed by atoms with Crippen LogP contribution in [0.15, 0.2) is 96.2 Å². The lowest BCUT2D eigenvalue weighted by atomic mass is 9.98. The molecule has 54 heavy (non-hydrogen) atoms. The maximum atomic E-state index is 13.3. The number of aromatic hydroxyl groups is 2. The molecule has 13 heteroatoms. The third kappa shape index (κ3) is 5.88. The molecule has 7 aromatic rings. The molecule has 0 radical (unpaired) electrons. The number of hydrogen-bond donors (Lipinski definition) is 3. The van der Waals surface area contributed by atoms with Crippen molar-refractivity contribution in [2.24, 2.45) is 0 Å². The van der Waals surface area contributed by atoms with Crippen LogP contribution in [0.2, 0.25) is 0 Å². The summed E-state index contributed by atoms with van der Waals surface area (Å²) in [6.45, 7) is 7.08. The molecule has 1 saturated heterocycles. The Bertz CT molecular complexity index is 2680. The van der Waals surface area contributed by atoms with Crippen LogP contribution < -0.4 is 10.6 Å². The molecule has 6 heterocycles. The van der Waals surface area contributed by atoms with E-state index in [1.807, 2.05) is 68.6 Å². The highest BCUT2D eigenvalue weighted by atomic mass is 16.6. The zero-order valence-corrected chi connectivity index (χ0v) is 29.7. The lowest BCUT2D eigenvalue weighted by molar-refractivity contribution is -0.138. The van der Waals surface area contributed by atoms with Gasteiger partial charge in [0.2, 0.25) is 0 Å². The van der Waals surface area contributed by atoms with E-state index in [1.54, 1.807) is 6.07 Å². The van der Waals surface area contributed by atoms with Crippen LogP contribution in [-0.2, 0) is 20.9 Å². The molecule has 0 unspecified atom stereocenters. The van der Waals surface area contributed by atoms with Crippen molar-refractivity contribution < 1.29 is 24.5 Å². The van der Waals surface area contributed by atoms with Crippen LogP contribution in [0.25, 0.3) is 50.2 Å². The van der Waals surface area contributed by atoms with Crippen molar-refractivity contribution in [3.05, 3.63) is 119 Å². The number of pyridine rings is 2. The van der Waals surface area contributed by atoms with Crippen LogP contribution >= 0.6 is 0 Å². The minimum Gasteiger partial charge on any atom is -0.508 e. The minimum absolute atomic E-state index is 0.00634. The summed E-state index contributed by atoms with van der Waals surface area (Å²) in [6.07, 6.45) is 5.59. The molecule has 1 fully saturated rings. The number of phenols is 2. The molecule has 13 nitrogen and oxygen atoms in total. The highest BCUT2D eigenvalue weighted by Gasteiger charge is 2.25. The molecular weight excluding hydrogens is 686 g/mol. The Morgan fingerprint density at radius 3 is 2.48 bits per heavy atom. The molecular formula is C41H37N7O6. The molecule has 0 atom stereocenters. The molecule has 0 aliphatic carbocycles. The van der Waals surface area contributed by atoms with E-state index in [0.717, 1.165) is 44.1 Å². The second-order valence-corrected chi connectivity index (χ2v) is 14.1. The van der Waals surface area contributed by atoms with Crippen LogP contribution in [0.5, 0.6) is 11.5 Å². The second-order valence-electron chi connectivity index (χ2n) is 14.1. The zero-order valence-electron chi connectivity index (χ0n) is 29.7. The number of H-pyrrole nitrogens is 1. The third-order valence-electron chi connectivity index (χ3n) is 10.3. The Balaban J connectivity index is 0.858. The van der Waals surface area contributed by atoms with Gasteiger partial charge in [0, 0.05) is 72.2 Å². The fraction of sp³-hybridized carbons (Fsp3) is 0.220. The molecule has 4 aromatic heterocycles. The maximum absolute atomic E-state index is 13.3. The van der Waals surface area contributed by atoms with Crippen molar-refractivity contribution in [3.63, 3.8) is 0 Å². The third-order valence-corrected chi connectivity index (χ3v) is 10.3. The summed E-state index contributed by atoms with van der Waals surface area (Å²) in [7, 11) is 0. The first-order chi connectivity index (χ1) is 26.2. The number of aromatic nitrogens is 5. The smallest absolute Gasteiger partial charge is 0.348 e. The summed E-state index contributed by atoms with van der Waals surface area (Å²) in [6, 6.07) is 22.7. The second kappa shape index (κ2) is 13.1. The average Bonchev–Trinajstić information content (AvgIpc) is 3.72. The lowest BCUT2D eigenvalue weighted by Crippen LogP contribution is -2.48. The first-order valence-electron chi connectivity index (χ1n) is 17.9. The van der Waals surface area contributed by atoms with Crippen LogP contribution in [0.3, 0.4) is 0 Å². The van der Waals surface area contributed by atoms with Crippen LogP contribution in [0.4, 0.5) is 5.69 Å². The molecule has 2 aliphatic rings. The van der Waals surface area contributed by atoms with Gasteiger partial charge in [0.1, 0.15) is 24.4 Å². The summed E-state index contributed by atoms with van der Waals surface area (Å²) >= 11 is 0. The standard InChI is InChI=1S/C41H37N7O6/c1-24(2)30-16-32(36(50)18-35(30)49)40-43-44-41(52)48(40)29-9-7-28(8-10-29)46-13-11-45(12-14-46)21-38(51)54-37-23-53-22-27-20-47-19-26-15-25-5-3-4-6-33(25)42-39(26)34(47)17-31(27)37/h3-10,15-20,23-24,49-50H,11-14,21-22H2,1-2H3,(H,44,52). The van der Waals surface area contributed by atoms with Crippen molar-refractivity contribution in [1.29, 1.82) is 0 Å². The van der Waals surface area contributed by atoms with E-state index in [0.29, 0.717) is 55.4 Å². The topological polar surface area (TPSA) is 150 Å². The number of hydrogen-bond acceptors (Lipinski definition) is 10. The fourth-order valence-electron chi connectivity index (χ4n) is 7.46. The Morgan fingerprint density at radius 1 is 0.907 bits per heavy atom. The van der Waals surface area contributed by atoms with E-state index >= 15 is 0 Å². The fourth-order valence-corrected chi connectivity index (χ4v) is 7.46. The van der Waals surface area contributed by atoms with Gasteiger partial charge in [-0.2, -0.15) is 5.10 Å². The van der Waals surface area contributed by atoms with Gasteiger partial charge in [0.15, 0.2) is 11.6 Å². The number of nitrogens with zero attached hydrogens (tertiary/aromatic N) is 6. The van der Waals surface area contributed by atoms with Crippen LogP contribution in [-0.4, -0.2) is 78.0 Å². The lowest BCUT2D eigenvalue weighted by Gasteiger charge is -2.35. The monoisotopic (exact) mass is 723 g/mol. The number of anilines is 1. The van der Waals surface area contributed by atoms with Gasteiger partial charge in [-0.15, -0.1) is 0 Å². The Hall–Kier alpha value is -6.60. The number of rotatable bonds is 7. The average molecular weight is 724 g/mol. The molecule has 272 valence electrons. The van der Waals surface area contributed by atoms with Gasteiger partial charge in [-0.05, 0) is 60.0 Å². The van der Waals surface area contributed by atoms with E-state index in [2.05, 4.69) is 42.7 Å². The van der Waals surface area contributed by atoms with Crippen molar-refractivity contribution in [2.45, 2.75) is 26.4 Å². The summed E-state index contributed by atoms with van der Waals surface area (Å²) in [5.74, 6) is 0.0680. The van der Waals surface area contributed by atoms with Crippen molar-refractivity contribution in [2.75, 3.05) is 37.6 Å². The van der Waals surface area contributed by atoms with Gasteiger partial charge in [0.05, 0.1) is 34.3 Å². The minimum atomic E-state index is -0.451. The number of nitrogens with one attached hydrogen (secondary N) is 1. The molecule has 0 spiro atoms. The van der Waals surface area contributed by atoms with Crippen LogP contribution in [0, 0.1) is 0 Å². The number of fused-ring (bicyclic) bond motifs is 5. The normalized spacial score (nSPS) is 14.8. The number of carbonyl (C=O) groups excluding carboxylic acids is 1. The molecule has 0 amide bonds. The summed E-state index contributed by atoms with van der Waals surface area (Å²) in [5.41, 5.74) is 6.54. The highest BCUT2D eigenvalue weighted by molar-refractivity contribution is 6.01. The van der Waals surface area contributed by atoms with E-state index < -0.39 is 5.69 Å². The number of carbonyl (C=O) groups is 1. The summed E-state index contributed by atoms with van der Waals surface area (Å²) < 4.78 is 15.1. The number of para-hydroxylation sites is 1. The highest BCUT2D eigenvalue weighted by Crippen LogP contribution is 2.38. The zero-order chi connectivity index (χ0) is 37.1. The summed E-state index contributed by atoms with van der Waals surface area (Å²) in [5, 5.41) is 29.8. The molecule has 2 aliphatic heterocycles. The van der Waals surface area contributed by atoms with E-state index in [4.69, 9.17) is 14.5 Å². The predicted octanol–water partition coefficient (Wildman–Crippen LogP) is 5.91. The number of benzene rings is 3. The Morgan fingerprint density at radius 2 is 1.69 bits per heavy atom. The van der Waals surface area contributed by atoms with Gasteiger partial charge in [0.25, 0.3) is 0 Å².